The molecule has 1 aromatic rings. The summed E-state index contributed by atoms with van der Waals surface area (Å²) in [5.74, 6) is 0.172. The van der Waals surface area contributed by atoms with E-state index >= 15 is 0 Å². The van der Waals surface area contributed by atoms with Crippen LogP contribution in [0.5, 0.6) is 5.75 Å². The van der Waals surface area contributed by atoms with Gasteiger partial charge in [-0.1, -0.05) is 15.9 Å². The van der Waals surface area contributed by atoms with Gasteiger partial charge in [-0.25, -0.2) is 0 Å². The van der Waals surface area contributed by atoms with Gasteiger partial charge in [-0.3, -0.25) is 4.79 Å². The zero-order valence-electron chi connectivity index (χ0n) is 8.08. The SMILES string of the molecule is CNC(=O)COc1ccc(Br)cc1C#N. The molecule has 0 fully saturated rings. The summed E-state index contributed by atoms with van der Waals surface area (Å²) < 4.78 is 5.98. The Labute approximate surface area is 96.0 Å². The van der Waals surface area contributed by atoms with Gasteiger partial charge in [-0.15, -0.1) is 0 Å². The van der Waals surface area contributed by atoms with Gasteiger partial charge in [0, 0.05) is 11.5 Å². The average Bonchev–Trinajstić information content (AvgIpc) is 2.26. The molecule has 0 atom stereocenters. The molecule has 0 saturated heterocycles. The van der Waals surface area contributed by atoms with E-state index in [1.54, 1.807) is 18.2 Å². The lowest BCUT2D eigenvalue weighted by atomic mass is 10.2. The number of nitriles is 1. The van der Waals surface area contributed by atoms with Crippen molar-refractivity contribution in [2.75, 3.05) is 13.7 Å². The van der Waals surface area contributed by atoms with E-state index in [9.17, 15) is 4.79 Å². The maximum Gasteiger partial charge on any atom is 0.257 e. The van der Waals surface area contributed by atoms with E-state index in [-0.39, 0.29) is 12.5 Å². The smallest absolute Gasteiger partial charge is 0.257 e. The molecule has 1 rings (SSSR count). The minimum Gasteiger partial charge on any atom is -0.482 e. The molecule has 1 amide bonds. The Kier molecular flexibility index (Phi) is 4.13. The number of nitrogens with one attached hydrogen (secondary N) is 1. The maximum absolute atomic E-state index is 10.9. The molecular weight excluding hydrogens is 260 g/mol. The van der Waals surface area contributed by atoms with Crippen LogP contribution in [-0.2, 0) is 4.79 Å². The molecule has 4 nitrogen and oxygen atoms in total. The fourth-order valence-electron chi connectivity index (χ4n) is 0.931. The third-order valence-electron chi connectivity index (χ3n) is 1.70. The molecule has 1 N–H and O–H groups in total. The molecule has 0 heterocycles. The number of benzene rings is 1. The van der Waals surface area contributed by atoms with Crippen LogP contribution >= 0.6 is 15.9 Å². The van der Waals surface area contributed by atoms with Crippen molar-refractivity contribution in [3.63, 3.8) is 0 Å². The largest absolute Gasteiger partial charge is 0.482 e. The maximum atomic E-state index is 10.9. The van der Waals surface area contributed by atoms with Crippen molar-refractivity contribution in [3.8, 4) is 11.8 Å². The Hall–Kier alpha value is -1.54. The molecule has 15 heavy (non-hydrogen) atoms. The van der Waals surface area contributed by atoms with Gasteiger partial charge in [0.25, 0.3) is 5.91 Å². The number of ether oxygens (including phenoxy) is 1. The second kappa shape index (κ2) is 5.37. The molecule has 1 aromatic carbocycles. The van der Waals surface area contributed by atoms with E-state index in [1.807, 2.05) is 6.07 Å². The number of carbonyl (C=O) groups is 1. The predicted molar refractivity (Wildman–Crippen MR) is 58.4 cm³/mol. The Morgan fingerprint density at radius 1 is 1.67 bits per heavy atom. The van der Waals surface area contributed by atoms with Crippen LogP contribution in [0.3, 0.4) is 0 Å². The number of rotatable bonds is 3. The molecule has 0 unspecified atom stereocenters. The molecule has 0 radical (unpaired) electrons. The zero-order chi connectivity index (χ0) is 11.3. The zero-order valence-corrected chi connectivity index (χ0v) is 9.67. The first kappa shape index (κ1) is 11.5. The summed E-state index contributed by atoms with van der Waals surface area (Å²) in [5, 5.41) is 11.2. The van der Waals surface area contributed by atoms with Crippen molar-refractivity contribution in [1.29, 1.82) is 5.26 Å². The monoisotopic (exact) mass is 268 g/mol. The second-order valence-electron chi connectivity index (χ2n) is 2.71. The Morgan fingerprint density at radius 2 is 2.40 bits per heavy atom. The summed E-state index contributed by atoms with van der Waals surface area (Å²) in [6, 6.07) is 7.02. The first-order chi connectivity index (χ1) is 7.17. The highest BCUT2D eigenvalue weighted by atomic mass is 79.9. The van der Waals surface area contributed by atoms with E-state index in [0.717, 1.165) is 4.47 Å². The normalized spacial score (nSPS) is 9.13. The van der Waals surface area contributed by atoms with E-state index < -0.39 is 0 Å². The number of hydrogen-bond acceptors (Lipinski definition) is 3. The number of halogens is 1. The van der Waals surface area contributed by atoms with Crippen LogP contribution in [0.2, 0.25) is 0 Å². The van der Waals surface area contributed by atoms with E-state index in [4.69, 9.17) is 10.00 Å². The third kappa shape index (κ3) is 3.26. The van der Waals surface area contributed by atoms with Gasteiger partial charge in [0.05, 0.1) is 5.56 Å². The standard InChI is InChI=1S/C10H9BrN2O2/c1-13-10(14)6-15-9-3-2-8(11)4-7(9)5-12/h2-4H,6H2,1H3,(H,13,14). The van der Waals surface area contributed by atoms with E-state index in [2.05, 4.69) is 21.2 Å². The number of likely N-dealkylation sites (N-methyl/N-ethyl adjacent to an activating group) is 1. The highest BCUT2D eigenvalue weighted by Crippen LogP contribution is 2.22. The van der Waals surface area contributed by atoms with Crippen molar-refractivity contribution < 1.29 is 9.53 Å². The minimum absolute atomic E-state index is 0.0905. The Balaban J connectivity index is 2.77. The number of hydrogen-bond donors (Lipinski definition) is 1. The Bertz CT molecular complexity index is 412. The van der Waals surface area contributed by atoms with Crippen LogP contribution < -0.4 is 10.1 Å². The van der Waals surface area contributed by atoms with Gasteiger partial charge in [-0.2, -0.15) is 5.26 Å². The molecule has 0 aliphatic heterocycles. The molecule has 0 aliphatic rings. The van der Waals surface area contributed by atoms with Crippen molar-refractivity contribution in [2.45, 2.75) is 0 Å². The summed E-state index contributed by atoms with van der Waals surface area (Å²) in [6.07, 6.45) is 0. The highest BCUT2D eigenvalue weighted by Gasteiger charge is 2.05. The van der Waals surface area contributed by atoms with E-state index in [0.29, 0.717) is 11.3 Å². The average molecular weight is 269 g/mol. The lowest BCUT2D eigenvalue weighted by molar-refractivity contribution is -0.122. The molecule has 5 heteroatoms. The van der Waals surface area contributed by atoms with Crippen molar-refractivity contribution in [2.24, 2.45) is 0 Å². The topological polar surface area (TPSA) is 62.1 Å². The second-order valence-corrected chi connectivity index (χ2v) is 3.63. The van der Waals surface area contributed by atoms with Crippen LogP contribution in [0.1, 0.15) is 5.56 Å². The first-order valence-electron chi connectivity index (χ1n) is 4.20. The molecule has 0 aromatic heterocycles. The summed E-state index contributed by atoms with van der Waals surface area (Å²) in [4.78, 5) is 10.9. The van der Waals surface area contributed by atoms with Crippen molar-refractivity contribution in [1.82, 2.24) is 5.32 Å². The molecule has 78 valence electrons. The van der Waals surface area contributed by atoms with Gasteiger partial charge >= 0.3 is 0 Å². The predicted octanol–water partition coefficient (Wildman–Crippen LogP) is 1.45. The fraction of sp³-hybridized carbons (Fsp3) is 0.200. The number of carbonyl (C=O) groups excluding carboxylic acids is 1. The summed E-state index contributed by atoms with van der Waals surface area (Å²) in [5.41, 5.74) is 0.397. The molecule has 0 bridgehead atoms. The number of amides is 1. The van der Waals surface area contributed by atoms with Gasteiger partial charge in [0.15, 0.2) is 6.61 Å². The summed E-state index contributed by atoms with van der Waals surface area (Å²) in [7, 11) is 1.53. The molecule has 0 aliphatic carbocycles. The Morgan fingerprint density at radius 3 is 3.00 bits per heavy atom. The molecule has 0 spiro atoms. The quantitative estimate of drug-likeness (QED) is 0.903. The van der Waals surface area contributed by atoms with Gasteiger partial charge in [0.2, 0.25) is 0 Å². The lowest BCUT2D eigenvalue weighted by Crippen LogP contribution is -2.25. The fourth-order valence-corrected chi connectivity index (χ4v) is 1.29. The highest BCUT2D eigenvalue weighted by molar-refractivity contribution is 9.10. The first-order valence-corrected chi connectivity index (χ1v) is 4.99. The third-order valence-corrected chi connectivity index (χ3v) is 2.19. The number of nitrogens with zero attached hydrogens (tertiary/aromatic N) is 1. The van der Waals surface area contributed by atoms with Crippen molar-refractivity contribution >= 4 is 21.8 Å². The van der Waals surface area contributed by atoms with Crippen LogP contribution in [0.4, 0.5) is 0 Å². The summed E-state index contributed by atoms with van der Waals surface area (Å²) in [6.45, 7) is -0.0905. The van der Waals surface area contributed by atoms with Gasteiger partial charge < -0.3 is 10.1 Å². The molecular formula is C10H9BrN2O2. The van der Waals surface area contributed by atoms with Crippen LogP contribution in [0.15, 0.2) is 22.7 Å². The van der Waals surface area contributed by atoms with Crippen molar-refractivity contribution in [3.05, 3.63) is 28.2 Å². The van der Waals surface area contributed by atoms with Crippen LogP contribution in [-0.4, -0.2) is 19.6 Å². The minimum atomic E-state index is -0.234. The summed E-state index contributed by atoms with van der Waals surface area (Å²) >= 11 is 3.24. The lowest BCUT2D eigenvalue weighted by Gasteiger charge is -2.06. The molecule has 0 saturated carbocycles. The van der Waals surface area contributed by atoms with Gasteiger partial charge in [0.1, 0.15) is 11.8 Å². The van der Waals surface area contributed by atoms with E-state index in [1.165, 1.54) is 7.05 Å². The van der Waals surface area contributed by atoms with Crippen LogP contribution in [0.25, 0.3) is 0 Å². The van der Waals surface area contributed by atoms with Gasteiger partial charge in [-0.05, 0) is 18.2 Å². The van der Waals surface area contributed by atoms with Crippen LogP contribution in [0, 0.1) is 11.3 Å².